The van der Waals surface area contributed by atoms with Crippen LogP contribution in [0.2, 0.25) is 0 Å². The number of aromatic nitrogens is 2. The van der Waals surface area contributed by atoms with Crippen molar-refractivity contribution in [2.75, 3.05) is 24.5 Å². The predicted molar refractivity (Wildman–Crippen MR) is 86.6 cm³/mol. The normalized spacial score (nSPS) is 16.3. The summed E-state index contributed by atoms with van der Waals surface area (Å²) in [6.45, 7) is 3.34. The van der Waals surface area contributed by atoms with Crippen LogP contribution in [-0.2, 0) is 13.5 Å². The van der Waals surface area contributed by atoms with E-state index in [0.717, 1.165) is 26.1 Å². The first-order chi connectivity index (χ1) is 10.3. The van der Waals surface area contributed by atoms with E-state index >= 15 is 0 Å². The highest BCUT2D eigenvalue weighted by molar-refractivity contribution is 5.46. The second-order valence-corrected chi connectivity index (χ2v) is 5.82. The molecule has 1 aromatic carbocycles. The number of anilines is 1. The lowest BCUT2D eigenvalue weighted by Crippen LogP contribution is -2.43. The Hall–Kier alpha value is -1.81. The molecule has 0 bridgehead atoms. The molecular weight excluding hydrogens is 260 g/mol. The van der Waals surface area contributed by atoms with E-state index < -0.39 is 0 Å². The van der Waals surface area contributed by atoms with Gasteiger partial charge in [0.25, 0.3) is 0 Å². The Morgan fingerprint density at radius 2 is 1.95 bits per heavy atom. The van der Waals surface area contributed by atoms with Crippen molar-refractivity contribution in [2.24, 2.45) is 7.05 Å². The fourth-order valence-corrected chi connectivity index (χ4v) is 3.00. The molecule has 0 aliphatic carbocycles. The summed E-state index contributed by atoms with van der Waals surface area (Å²) in [5, 5.41) is 7.90. The van der Waals surface area contributed by atoms with Crippen molar-refractivity contribution in [2.45, 2.75) is 25.3 Å². The number of rotatable bonds is 5. The number of nitrogens with zero attached hydrogens (tertiary/aromatic N) is 3. The molecule has 1 aromatic heterocycles. The maximum atomic E-state index is 4.21. The zero-order valence-electron chi connectivity index (χ0n) is 12.7. The topological polar surface area (TPSA) is 33.1 Å². The van der Waals surface area contributed by atoms with Crippen LogP contribution in [0.1, 0.15) is 18.4 Å². The fraction of sp³-hybridized carbons (Fsp3) is 0.471. The van der Waals surface area contributed by atoms with Crippen molar-refractivity contribution >= 4 is 5.69 Å². The third-order valence-electron chi connectivity index (χ3n) is 4.22. The zero-order chi connectivity index (χ0) is 14.5. The Bertz CT molecular complexity index is 541. The molecule has 0 unspecified atom stereocenters. The molecule has 3 rings (SSSR count). The average Bonchev–Trinajstić information content (AvgIpc) is 2.94. The van der Waals surface area contributed by atoms with Crippen LogP contribution in [0.5, 0.6) is 0 Å². The number of nitrogens with one attached hydrogen (secondary N) is 1. The summed E-state index contributed by atoms with van der Waals surface area (Å²) in [5.41, 5.74) is 2.66. The van der Waals surface area contributed by atoms with Crippen molar-refractivity contribution in [3.8, 4) is 0 Å². The van der Waals surface area contributed by atoms with Gasteiger partial charge in [-0.2, -0.15) is 5.10 Å². The highest BCUT2D eigenvalue weighted by atomic mass is 15.2. The first kappa shape index (κ1) is 14.1. The summed E-state index contributed by atoms with van der Waals surface area (Å²) < 4.78 is 1.87. The standard InChI is InChI=1S/C17H24N4/c1-20-14-15(13-19-20)7-10-18-16-8-11-21(12-9-16)17-5-3-2-4-6-17/h2-6,13-14,16,18H,7-12H2,1H3. The molecule has 1 aliphatic rings. The van der Waals surface area contributed by atoms with Crippen LogP contribution in [0.3, 0.4) is 0 Å². The second-order valence-electron chi connectivity index (χ2n) is 5.82. The second kappa shape index (κ2) is 6.76. The summed E-state index contributed by atoms with van der Waals surface area (Å²) in [4.78, 5) is 2.49. The number of hydrogen-bond acceptors (Lipinski definition) is 3. The number of aryl methyl sites for hydroxylation is 1. The maximum Gasteiger partial charge on any atom is 0.0522 e. The van der Waals surface area contributed by atoms with E-state index in [2.05, 4.69) is 51.8 Å². The molecule has 2 heterocycles. The number of hydrogen-bond donors (Lipinski definition) is 1. The Kier molecular flexibility index (Phi) is 4.55. The highest BCUT2D eigenvalue weighted by Crippen LogP contribution is 2.19. The van der Waals surface area contributed by atoms with E-state index in [1.807, 2.05) is 17.9 Å². The van der Waals surface area contributed by atoms with E-state index in [1.54, 1.807) is 0 Å². The molecule has 0 radical (unpaired) electrons. The minimum atomic E-state index is 0.654. The quantitative estimate of drug-likeness (QED) is 0.914. The van der Waals surface area contributed by atoms with Crippen molar-refractivity contribution in [1.29, 1.82) is 0 Å². The molecule has 2 aromatic rings. The van der Waals surface area contributed by atoms with E-state index in [0.29, 0.717) is 6.04 Å². The van der Waals surface area contributed by atoms with E-state index in [4.69, 9.17) is 0 Å². The van der Waals surface area contributed by atoms with E-state index in [-0.39, 0.29) is 0 Å². The Morgan fingerprint density at radius 1 is 1.19 bits per heavy atom. The van der Waals surface area contributed by atoms with Gasteiger partial charge in [-0.3, -0.25) is 4.68 Å². The lowest BCUT2D eigenvalue weighted by Gasteiger charge is -2.34. The minimum Gasteiger partial charge on any atom is -0.371 e. The van der Waals surface area contributed by atoms with Gasteiger partial charge < -0.3 is 10.2 Å². The summed E-state index contributed by atoms with van der Waals surface area (Å²) in [6, 6.07) is 11.4. The van der Waals surface area contributed by atoms with Crippen LogP contribution in [0.4, 0.5) is 5.69 Å². The first-order valence-corrected chi connectivity index (χ1v) is 7.82. The van der Waals surface area contributed by atoms with Gasteiger partial charge in [0, 0.05) is 38.1 Å². The van der Waals surface area contributed by atoms with Crippen molar-refractivity contribution < 1.29 is 0 Å². The lowest BCUT2D eigenvalue weighted by molar-refractivity contribution is 0.417. The molecule has 0 atom stereocenters. The predicted octanol–water partition coefficient (Wildman–Crippen LogP) is 2.22. The Morgan fingerprint density at radius 3 is 2.62 bits per heavy atom. The van der Waals surface area contributed by atoms with Crippen molar-refractivity contribution in [1.82, 2.24) is 15.1 Å². The van der Waals surface area contributed by atoms with Gasteiger partial charge in [-0.15, -0.1) is 0 Å². The van der Waals surface area contributed by atoms with Crippen LogP contribution in [0.15, 0.2) is 42.7 Å². The molecule has 1 fully saturated rings. The molecule has 0 amide bonds. The van der Waals surface area contributed by atoms with Crippen LogP contribution in [0, 0.1) is 0 Å². The van der Waals surface area contributed by atoms with Crippen LogP contribution >= 0.6 is 0 Å². The molecular formula is C17H24N4. The van der Waals surface area contributed by atoms with Gasteiger partial charge in [-0.05, 0) is 43.5 Å². The van der Waals surface area contributed by atoms with E-state index in [1.165, 1.54) is 24.1 Å². The molecule has 4 heteroatoms. The lowest BCUT2D eigenvalue weighted by atomic mass is 10.0. The summed E-state index contributed by atoms with van der Waals surface area (Å²) in [5.74, 6) is 0. The minimum absolute atomic E-state index is 0.654. The van der Waals surface area contributed by atoms with Gasteiger partial charge >= 0.3 is 0 Å². The zero-order valence-corrected chi connectivity index (χ0v) is 12.7. The number of para-hydroxylation sites is 1. The maximum absolute atomic E-state index is 4.21. The van der Waals surface area contributed by atoms with Crippen LogP contribution in [-0.4, -0.2) is 35.5 Å². The Balaban J connectivity index is 1.40. The van der Waals surface area contributed by atoms with Gasteiger partial charge in [-0.1, -0.05) is 18.2 Å². The summed E-state index contributed by atoms with van der Waals surface area (Å²) in [6.07, 6.45) is 7.57. The smallest absolute Gasteiger partial charge is 0.0522 e. The third-order valence-corrected chi connectivity index (χ3v) is 4.22. The van der Waals surface area contributed by atoms with Crippen molar-refractivity contribution in [3.63, 3.8) is 0 Å². The van der Waals surface area contributed by atoms with Gasteiger partial charge in [0.05, 0.1) is 6.20 Å². The first-order valence-electron chi connectivity index (χ1n) is 7.82. The van der Waals surface area contributed by atoms with Gasteiger partial charge in [0.2, 0.25) is 0 Å². The van der Waals surface area contributed by atoms with Gasteiger partial charge in [-0.25, -0.2) is 0 Å². The van der Waals surface area contributed by atoms with Crippen molar-refractivity contribution in [3.05, 3.63) is 48.3 Å². The SMILES string of the molecule is Cn1cc(CCNC2CCN(c3ccccc3)CC2)cn1. The van der Waals surface area contributed by atoms with E-state index in [9.17, 15) is 0 Å². The highest BCUT2D eigenvalue weighted by Gasteiger charge is 2.18. The van der Waals surface area contributed by atoms with Gasteiger partial charge in [0.1, 0.15) is 0 Å². The molecule has 21 heavy (non-hydrogen) atoms. The third kappa shape index (κ3) is 3.85. The monoisotopic (exact) mass is 284 g/mol. The molecule has 1 aliphatic heterocycles. The molecule has 1 N–H and O–H groups in total. The Labute approximate surface area is 126 Å². The largest absolute Gasteiger partial charge is 0.371 e. The fourth-order valence-electron chi connectivity index (χ4n) is 3.00. The molecule has 1 saturated heterocycles. The molecule has 4 nitrogen and oxygen atoms in total. The summed E-state index contributed by atoms with van der Waals surface area (Å²) in [7, 11) is 1.97. The molecule has 112 valence electrons. The number of piperidine rings is 1. The van der Waals surface area contributed by atoms with Crippen LogP contribution in [0.25, 0.3) is 0 Å². The molecule has 0 saturated carbocycles. The van der Waals surface area contributed by atoms with Crippen LogP contribution < -0.4 is 10.2 Å². The molecule has 0 spiro atoms. The average molecular weight is 284 g/mol. The summed E-state index contributed by atoms with van der Waals surface area (Å²) >= 11 is 0. The number of benzene rings is 1. The van der Waals surface area contributed by atoms with Gasteiger partial charge in [0.15, 0.2) is 0 Å².